The van der Waals surface area contributed by atoms with Crippen LogP contribution in [0.2, 0.25) is 0 Å². The van der Waals surface area contributed by atoms with E-state index in [9.17, 15) is 4.79 Å². The lowest BCUT2D eigenvalue weighted by Gasteiger charge is -2.38. The summed E-state index contributed by atoms with van der Waals surface area (Å²) in [4.78, 5) is 14.2. The van der Waals surface area contributed by atoms with Gasteiger partial charge in [-0.25, -0.2) is 4.79 Å². The number of hydrogen-bond donors (Lipinski definition) is 0. The average Bonchev–Trinajstić information content (AvgIpc) is 3.06. The molecule has 160 valence electrons. The first-order chi connectivity index (χ1) is 13.5. The predicted molar refractivity (Wildman–Crippen MR) is 114 cm³/mol. The van der Waals surface area contributed by atoms with Crippen molar-refractivity contribution in [2.24, 2.45) is 0 Å². The smallest absolute Gasteiger partial charge is 0.491 e. The van der Waals surface area contributed by atoms with Gasteiger partial charge in [0.05, 0.1) is 11.6 Å². The Hall–Kier alpha value is -1.73. The first-order valence-electron chi connectivity index (χ1n) is 10.6. The van der Waals surface area contributed by atoms with Crippen LogP contribution in [0.5, 0.6) is 5.75 Å². The van der Waals surface area contributed by atoms with Crippen LogP contribution in [-0.4, -0.2) is 54.6 Å². The van der Waals surface area contributed by atoms with Crippen molar-refractivity contribution in [1.29, 1.82) is 0 Å². The maximum Gasteiger partial charge on any atom is 0.494 e. The molecule has 29 heavy (non-hydrogen) atoms. The van der Waals surface area contributed by atoms with E-state index in [-0.39, 0.29) is 23.8 Å². The predicted octanol–water partition coefficient (Wildman–Crippen LogP) is 3.76. The fraction of sp³-hybridized carbons (Fsp3) is 0.682. The molecule has 2 aliphatic heterocycles. The second kappa shape index (κ2) is 8.56. The van der Waals surface area contributed by atoms with E-state index in [0.717, 1.165) is 30.5 Å². The molecule has 0 aliphatic carbocycles. The lowest BCUT2D eigenvalue weighted by Crippen LogP contribution is -2.51. The summed E-state index contributed by atoms with van der Waals surface area (Å²) in [7, 11) is -0.401. The van der Waals surface area contributed by atoms with Crippen LogP contribution in [0.25, 0.3) is 0 Å². The fourth-order valence-corrected chi connectivity index (χ4v) is 3.98. The third-order valence-electron chi connectivity index (χ3n) is 5.14. The van der Waals surface area contributed by atoms with Gasteiger partial charge in [-0.3, -0.25) is 0 Å². The molecule has 1 amide bonds. The van der Waals surface area contributed by atoms with Crippen LogP contribution >= 0.6 is 0 Å². The van der Waals surface area contributed by atoms with E-state index in [0.29, 0.717) is 13.2 Å². The first kappa shape index (κ1) is 22.0. The summed E-state index contributed by atoms with van der Waals surface area (Å²) in [5.74, 6) is 0.752. The molecule has 2 atom stereocenters. The van der Waals surface area contributed by atoms with Crippen LogP contribution in [0.3, 0.4) is 0 Å². The van der Waals surface area contributed by atoms with Crippen molar-refractivity contribution in [3.63, 3.8) is 0 Å². The molecule has 0 aromatic heterocycles. The number of amides is 1. The average molecular weight is 403 g/mol. The van der Waals surface area contributed by atoms with Crippen LogP contribution in [-0.2, 0) is 14.0 Å². The minimum atomic E-state index is -0.496. The molecule has 2 fully saturated rings. The van der Waals surface area contributed by atoms with Gasteiger partial charge < -0.3 is 23.7 Å². The summed E-state index contributed by atoms with van der Waals surface area (Å²) in [5.41, 5.74) is 0.221. The Morgan fingerprint density at radius 1 is 1.34 bits per heavy atom. The number of carbonyl (C=O) groups is 1. The summed E-state index contributed by atoms with van der Waals surface area (Å²) >= 11 is 0. The summed E-state index contributed by atoms with van der Waals surface area (Å²) in [6, 6.07) is 7.85. The molecule has 0 spiro atoms. The molecule has 2 saturated heterocycles. The first-order valence-corrected chi connectivity index (χ1v) is 10.6. The molecule has 7 heteroatoms. The molecule has 2 heterocycles. The minimum absolute atomic E-state index is 0.0228. The maximum atomic E-state index is 12.5. The van der Waals surface area contributed by atoms with E-state index in [4.69, 9.17) is 18.8 Å². The van der Waals surface area contributed by atoms with E-state index >= 15 is 0 Å². The molecule has 0 saturated carbocycles. The minimum Gasteiger partial charge on any atom is -0.491 e. The summed E-state index contributed by atoms with van der Waals surface area (Å²) in [6.07, 6.45) is 2.61. The molecule has 0 radical (unpaired) electrons. The zero-order valence-corrected chi connectivity index (χ0v) is 18.6. The topological polar surface area (TPSA) is 57.2 Å². The number of likely N-dealkylation sites (tertiary alicyclic amines) is 1. The lowest BCUT2D eigenvalue weighted by atomic mass is 9.75. The number of rotatable bonds is 4. The number of hydrogen-bond acceptors (Lipinski definition) is 5. The number of carbonyl (C=O) groups excluding carboxylic acids is 1. The Morgan fingerprint density at radius 3 is 2.79 bits per heavy atom. The Balaban J connectivity index is 1.61. The number of ether oxygens (including phenoxy) is 2. The van der Waals surface area contributed by atoms with Gasteiger partial charge >= 0.3 is 13.2 Å². The van der Waals surface area contributed by atoms with Gasteiger partial charge in [0.1, 0.15) is 18.0 Å². The van der Waals surface area contributed by atoms with Crippen molar-refractivity contribution in [2.45, 2.75) is 84.2 Å². The van der Waals surface area contributed by atoms with Crippen molar-refractivity contribution >= 4 is 18.7 Å². The standard InChI is InChI=1S/C22H34BNO5/c1-16-14-22(5,6)29-23(28-16)17-9-7-11-19(13-17)26-15-18-10-8-12-24(18)20(25)27-21(2,3)4/h7,9,11,13,16,18H,8,10,12,14-15H2,1-6H3/t16-,18+/m0/s1. The van der Waals surface area contributed by atoms with Gasteiger partial charge in [-0.2, -0.15) is 0 Å². The van der Waals surface area contributed by atoms with E-state index in [2.05, 4.69) is 20.8 Å². The normalized spacial score (nSPS) is 24.5. The second-order valence-corrected chi connectivity index (χ2v) is 9.71. The van der Waals surface area contributed by atoms with Crippen molar-refractivity contribution < 1.29 is 23.6 Å². The molecule has 3 rings (SSSR count). The van der Waals surface area contributed by atoms with Crippen LogP contribution in [0.1, 0.15) is 60.8 Å². The SMILES string of the molecule is C[C@H]1CC(C)(C)OB(c2cccc(OC[C@H]3CCCN3C(=O)OC(C)(C)C)c2)O1. The van der Waals surface area contributed by atoms with E-state index in [1.165, 1.54) is 0 Å². The Kier molecular flexibility index (Phi) is 6.49. The third-order valence-corrected chi connectivity index (χ3v) is 5.14. The van der Waals surface area contributed by atoms with Gasteiger partial charge in [-0.05, 0) is 78.4 Å². The number of nitrogens with zero attached hydrogens (tertiary/aromatic N) is 1. The Labute approximate surface area is 175 Å². The van der Waals surface area contributed by atoms with E-state index in [1.807, 2.05) is 45.0 Å². The molecule has 1 aromatic carbocycles. The molecule has 0 N–H and O–H groups in total. The largest absolute Gasteiger partial charge is 0.494 e. The summed E-state index contributed by atoms with van der Waals surface area (Å²) < 4.78 is 23.7. The van der Waals surface area contributed by atoms with Crippen LogP contribution in [0, 0.1) is 0 Å². The maximum absolute atomic E-state index is 12.5. The molecular weight excluding hydrogens is 369 g/mol. The fourth-order valence-electron chi connectivity index (χ4n) is 3.98. The van der Waals surface area contributed by atoms with Gasteiger partial charge in [-0.1, -0.05) is 12.1 Å². The van der Waals surface area contributed by atoms with Gasteiger partial charge in [-0.15, -0.1) is 0 Å². The lowest BCUT2D eigenvalue weighted by molar-refractivity contribution is -0.0230. The molecule has 0 unspecified atom stereocenters. The van der Waals surface area contributed by atoms with Crippen LogP contribution in [0.15, 0.2) is 24.3 Å². The summed E-state index contributed by atoms with van der Waals surface area (Å²) in [6.45, 7) is 13.1. The van der Waals surface area contributed by atoms with E-state index < -0.39 is 12.7 Å². The van der Waals surface area contributed by atoms with Crippen LogP contribution in [0.4, 0.5) is 4.79 Å². The Bertz CT molecular complexity index is 717. The highest BCUT2D eigenvalue weighted by Gasteiger charge is 2.38. The van der Waals surface area contributed by atoms with Crippen molar-refractivity contribution in [1.82, 2.24) is 4.90 Å². The zero-order valence-electron chi connectivity index (χ0n) is 18.6. The molecule has 6 nitrogen and oxygen atoms in total. The Morgan fingerprint density at radius 2 is 2.10 bits per heavy atom. The van der Waals surface area contributed by atoms with E-state index in [1.54, 1.807) is 4.90 Å². The van der Waals surface area contributed by atoms with Gasteiger partial charge in [0.2, 0.25) is 0 Å². The van der Waals surface area contributed by atoms with Crippen molar-refractivity contribution in [3.05, 3.63) is 24.3 Å². The van der Waals surface area contributed by atoms with Gasteiger partial charge in [0.15, 0.2) is 0 Å². The highest BCUT2D eigenvalue weighted by molar-refractivity contribution is 6.61. The highest BCUT2D eigenvalue weighted by Crippen LogP contribution is 2.26. The van der Waals surface area contributed by atoms with Crippen molar-refractivity contribution in [3.8, 4) is 5.75 Å². The summed E-state index contributed by atoms with van der Waals surface area (Å²) in [5, 5.41) is 0. The van der Waals surface area contributed by atoms with Gasteiger partial charge in [0.25, 0.3) is 0 Å². The second-order valence-electron chi connectivity index (χ2n) is 9.71. The van der Waals surface area contributed by atoms with Crippen molar-refractivity contribution in [2.75, 3.05) is 13.2 Å². The molecule has 2 aliphatic rings. The molecule has 1 aromatic rings. The van der Waals surface area contributed by atoms with Gasteiger partial charge in [0, 0.05) is 12.6 Å². The highest BCUT2D eigenvalue weighted by atomic mass is 16.6. The molecule has 0 bridgehead atoms. The quantitative estimate of drug-likeness (QED) is 0.717. The van der Waals surface area contributed by atoms with Crippen LogP contribution < -0.4 is 10.2 Å². The monoisotopic (exact) mass is 403 g/mol. The molecular formula is C22H34BNO5. The number of benzene rings is 1. The third kappa shape index (κ3) is 6.13. The zero-order chi connectivity index (χ0) is 21.2.